The molecule has 12 amide bonds. The average Bonchev–Trinajstić information content (AvgIpc) is 0.883. The predicted octanol–water partition coefficient (Wildman–Crippen LogP) is -3.16. The maximum absolute atomic E-state index is 12.1. The molecule has 16 N–H and O–H groups in total. The highest BCUT2D eigenvalue weighted by Gasteiger charge is 2.29. The van der Waals surface area contributed by atoms with Gasteiger partial charge in [-0.15, -0.1) is 0 Å². The third-order valence-electron chi connectivity index (χ3n) is 13.0. The van der Waals surface area contributed by atoms with E-state index in [1.807, 2.05) is 0 Å². The molecule has 0 saturated heterocycles. The van der Waals surface area contributed by atoms with Crippen LogP contribution in [0, 0.1) is 0 Å². The minimum atomic E-state index is -0.969. The van der Waals surface area contributed by atoms with Crippen molar-refractivity contribution in [3.05, 3.63) is 71.8 Å². The third kappa shape index (κ3) is 70.1. The molecule has 2 aromatic carbocycles. The largest absolute Gasteiger partial charge is 0.459 e. The monoisotopic (exact) mass is 1860 g/mol. The molecule has 0 aliphatic rings. The fourth-order valence-electron chi connectivity index (χ4n) is 7.72. The number of carbonyl (C=O) groups is 24. The van der Waals surface area contributed by atoms with Crippen LogP contribution in [-0.2, 0) is 115 Å². The fraction of sp³-hybridized carbons (Fsp3) is 0.526. The first-order chi connectivity index (χ1) is 57.6. The zero-order valence-corrected chi connectivity index (χ0v) is 76.3. The molecule has 0 unspecified atom stereocenters. The first-order valence-electron chi connectivity index (χ1n) is 36.8. The second-order valence-electron chi connectivity index (χ2n) is 26.9. The summed E-state index contributed by atoms with van der Waals surface area (Å²) in [6.07, 6.45) is 0. The topological polar surface area (TPSA) is 653 Å². The lowest BCUT2D eigenvalue weighted by atomic mass is 10.2. The summed E-state index contributed by atoms with van der Waals surface area (Å²) >= 11 is 5.44. The van der Waals surface area contributed by atoms with Gasteiger partial charge in [-0.25, -0.2) is 0 Å². The number of rotatable bonds is 42. The van der Waals surface area contributed by atoms with Crippen molar-refractivity contribution in [1.29, 1.82) is 0 Å². The summed E-state index contributed by atoms with van der Waals surface area (Å²) in [6, 6.07) is 11.2. The van der Waals surface area contributed by atoms with Gasteiger partial charge in [0.15, 0.2) is 53.8 Å². The van der Waals surface area contributed by atoms with Crippen molar-refractivity contribution in [2.45, 2.75) is 158 Å². The van der Waals surface area contributed by atoms with Gasteiger partial charge < -0.3 is 93.7 Å². The Morgan fingerprint density at radius 1 is 0.274 bits per heavy atom. The van der Waals surface area contributed by atoms with Crippen LogP contribution in [0.1, 0.15) is 131 Å². The Bertz CT molecular complexity index is 3700. The van der Waals surface area contributed by atoms with Gasteiger partial charge in [-0.1, -0.05) is 107 Å². The van der Waals surface area contributed by atoms with Gasteiger partial charge in [0.25, 0.3) is 11.8 Å². The van der Waals surface area contributed by atoms with Crippen LogP contribution in [0.4, 0.5) is 0 Å². The van der Waals surface area contributed by atoms with Crippen LogP contribution in [0.25, 0.3) is 0 Å². The van der Waals surface area contributed by atoms with Crippen molar-refractivity contribution in [3.63, 3.8) is 0 Å². The molecule has 692 valence electrons. The Hall–Kier alpha value is -10.3. The van der Waals surface area contributed by atoms with Gasteiger partial charge in [0.1, 0.15) is 87.0 Å². The van der Waals surface area contributed by atoms with Crippen molar-refractivity contribution in [3.8, 4) is 0 Å². The molecule has 0 heterocycles. The molecule has 0 aromatic heterocycles. The molecule has 124 heavy (non-hydrogen) atoms. The van der Waals surface area contributed by atoms with E-state index in [1.54, 1.807) is 102 Å². The molecule has 48 heteroatoms. The molecule has 6 atom stereocenters. The summed E-state index contributed by atoms with van der Waals surface area (Å²) in [4.78, 5) is 272. The second-order valence-corrected chi connectivity index (χ2v) is 34.1. The van der Waals surface area contributed by atoms with Crippen molar-refractivity contribution in [2.75, 3.05) is 100 Å². The lowest BCUT2D eigenvalue weighted by Crippen LogP contribution is -2.49. The molecule has 0 radical (unpaired) electrons. The van der Waals surface area contributed by atoms with E-state index in [4.69, 9.17) is 29.9 Å². The zero-order valence-electron chi connectivity index (χ0n) is 71.4. The molecule has 42 nitrogen and oxygen atoms in total. The molecule has 0 saturated carbocycles. The molecular formula is C76H112N12O30S6. The summed E-state index contributed by atoms with van der Waals surface area (Å²) in [7, 11) is 0. The summed E-state index contributed by atoms with van der Waals surface area (Å²) in [5.41, 5.74) is -0.513. The number of esters is 2. The van der Waals surface area contributed by atoms with Crippen LogP contribution in [0.15, 0.2) is 60.7 Å². The number of Topliss-reactive ketones (excluding diaryl/α,β-unsaturated/α-hetero) is 4. The maximum atomic E-state index is 12.1. The minimum absolute atomic E-state index is 0.0487. The molecule has 0 fully saturated rings. The standard InChI is InChI=1S/2C15H18N2O5S.2C13H22N2O5S.2C10H16N2O5S/c2*1-10(19)23-9-13(15(22)16-7-12(20)8-18)17-14(21)11-5-3-2-4-6-11;2*1-8(16)15-10(7-21-9(2)17)12(19)14-6-11(18)20-13(3,4)5;2*1-6(14)12-9(5-18-7(2)15)10(17)11-3-8(16)4-13/h2*2-6,13,18H,7-9H2,1H3,(H,16,22)(H,17,21);2*10H,6-7H2,1-5H3,(H,14,19)(H,15,16);2*9,13H,3-5H2,1-2H3,(H,11,17)(H,12,14)/t2*13-;2*10-;2*9-/m000000/s1. The van der Waals surface area contributed by atoms with E-state index in [2.05, 4.69) is 63.8 Å². The number of aliphatic hydroxyl groups is 4. The van der Waals surface area contributed by atoms with Crippen LogP contribution < -0.4 is 63.8 Å². The SMILES string of the molecule is CC(=O)N[C@@H](CSC(C)=O)C(=O)NCC(=O)CO.CC(=O)N[C@@H](CSC(C)=O)C(=O)NCC(=O)CO.CC(=O)N[C@@H](CSC(C)=O)C(=O)NCC(=O)OC(C)(C)C.CC(=O)N[C@@H](CSC(C)=O)C(=O)NCC(=O)OC(C)(C)C.CC(=O)SC[C@H](NC(=O)c1ccccc1)C(=O)NCC(=O)CO.CC(=O)SC[C@H](NC(=O)c1ccccc1)C(=O)NCC(=O)CO. The van der Waals surface area contributed by atoms with Gasteiger partial charge in [-0.2, -0.15) is 0 Å². The summed E-state index contributed by atoms with van der Waals surface area (Å²) < 4.78 is 10.1. The van der Waals surface area contributed by atoms with E-state index in [9.17, 15) is 115 Å². The number of amides is 12. The highest BCUT2D eigenvalue weighted by Crippen LogP contribution is 2.13. The van der Waals surface area contributed by atoms with Crippen molar-refractivity contribution >= 4 is 207 Å². The first-order valence-corrected chi connectivity index (χ1v) is 42.7. The van der Waals surface area contributed by atoms with Gasteiger partial charge >= 0.3 is 11.9 Å². The lowest BCUT2D eigenvalue weighted by molar-refractivity contribution is -0.155. The molecule has 2 aromatic rings. The van der Waals surface area contributed by atoms with Crippen LogP contribution in [0.2, 0.25) is 0 Å². The second kappa shape index (κ2) is 68.1. The first kappa shape index (κ1) is 120. The number of hydrogen-bond acceptors (Lipinski definition) is 36. The number of carbonyl (C=O) groups excluding carboxylic acids is 24. The van der Waals surface area contributed by atoms with Crippen LogP contribution in [0.5, 0.6) is 0 Å². The van der Waals surface area contributed by atoms with Crippen LogP contribution in [-0.4, -0.2) is 305 Å². The van der Waals surface area contributed by atoms with Crippen LogP contribution >= 0.6 is 70.6 Å². The Balaban J connectivity index is -0.000000699. The number of hydrogen-bond donors (Lipinski definition) is 16. The Labute approximate surface area is 741 Å². The van der Waals surface area contributed by atoms with E-state index in [0.717, 1.165) is 70.6 Å². The molecule has 0 spiro atoms. The summed E-state index contributed by atoms with van der Waals surface area (Å²) in [5.74, 6) is -8.74. The molecule has 0 bridgehead atoms. The van der Waals surface area contributed by atoms with Gasteiger partial charge in [-0.05, 0) is 65.8 Å². The lowest BCUT2D eigenvalue weighted by Gasteiger charge is -2.20. The summed E-state index contributed by atoms with van der Waals surface area (Å²) in [6.45, 7) is 18.9. The van der Waals surface area contributed by atoms with E-state index >= 15 is 0 Å². The number of nitrogens with one attached hydrogen (secondary N) is 12. The average molecular weight is 1870 g/mol. The minimum Gasteiger partial charge on any atom is -0.459 e. The van der Waals surface area contributed by atoms with Crippen molar-refractivity contribution in [1.82, 2.24) is 63.8 Å². The third-order valence-corrected chi connectivity index (χ3v) is 18.4. The zero-order chi connectivity index (χ0) is 96.0. The number of ketones is 4. The molecule has 0 aliphatic heterocycles. The van der Waals surface area contributed by atoms with Crippen LogP contribution in [0.3, 0.4) is 0 Å². The number of aliphatic hydroxyl groups excluding tert-OH is 4. The van der Waals surface area contributed by atoms with E-state index in [-0.39, 0.29) is 104 Å². The maximum Gasteiger partial charge on any atom is 0.325 e. The molecule has 0 aliphatic carbocycles. The van der Waals surface area contributed by atoms with E-state index < -0.39 is 180 Å². The summed E-state index contributed by atoms with van der Waals surface area (Å²) in [5, 5.41) is 61.8. The molecule has 2 rings (SSSR count). The smallest absolute Gasteiger partial charge is 0.325 e. The number of ether oxygens (including phenoxy) is 2. The van der Waals surface area contributed by atoms with E-state index in [1.165, 1.54) is 69.2 Å². The van der Waals surface area contributed by atoms with Gasteiger partial charge in [0.2, 0.25) is 59.1 Å². The quantitative estimate of drug-likeness (QED) is 0.0292. The fourth-order valence-corrected chi connectivity index (χ4v) is 11.5. The Kier molecular flexibility index (Phi) is 65.8. The Morgan fingerprint density at radius 2 is 0.444 bits per heavy atom. The predicted molar refractivity (Wildman–Crippen MR) is 463 cm³/mol. The Morgan fingerprint density at radius 3 is 0.597 bits per heavy atom. The van der Waals surface area contributed by atoms with Gasteiger partial charge in [0.05, 0.1) is 26.2 Å². The normalized spacial score (nSPS) is 11.7. The number of thioether (sulfide) groups is 6. The van der Waals surface area contributed by atoms with Gasteiger partial charge in [-0.3, -0.25) is 115 Å². The van der Waals surface area contributed by atoms with Crippen molar-refractivity contribution < 1.29 is 145 Å². The van der Waals surface area contributed by atoms with Gasteiger partial charge in [0, 0.05) is 115 Å². The highest BCUT2D eigenvalue weighted by atomic mass is 32.2. The van der Waals surface area contributed by atoms with E-state index in [0.29, 0.717) is 11.1 Å². The highest BCUT2D eigenvalue weighted by molar-refractivity contribution is 8.14. The molecular weight excluding hydrogens is 1750 g/mol. The van der Waals surface area contributed by atoms with Crippen molar-refractivity contribution in [2.24, 2.45) is 0 Å². The number of benzene rings is 2.